The van der Waals surface area contributed by atoms with E-state index in [4.69, 9.17) is 5.11 Å². The van der Waals surface area contributed by atoms with Gasteiger partial charge in [0, 0.05) is 5.70 Å². The van der Waals surface area contributed by atoms with Crippen LogP contribution in [0.1, 0.15) is 6.92 Å². The summed E-state index contributed by atoms with van der Waals surface area (Å²) in [6.45, 7) is 1.92. The molecule has 7 heavy (non-hydrogen) atoms. The average molecular weight is 117 g/mol. The number of thioether (sulfide) groups is 1. The van der Waals surface area contributed by atoms with E-state index in [-0.39, 0.29) is 0 Å². The lowest BCUT2D eigenvalue weighted by Crippen LogP contribution is -2.17. The summed E-state index contributed by atoms with van der Waals surface area (Å²) >= 11 is 1.39. The summed E-state index contributed by atoms with van der Waals surface area (Å²) < 4.78 is 0. The van der Waals surface area contributed by atoms with Gasteiger partial charge in [-0.3, -0.25) is 0 Å². The maximum absolute atomic E-state index is 8.70. The molecule has 0 saturated carbocycles. The molecule has 0 saturated heterocycles. The van der Waals surface area contributed by atoms with Gasteiger partial charge in [-0.25, -0.2) is 0 Å². The van der Waals surface area contributed by atoms with E-state index in [1.54, 1.807) is 0 Å². The van der Waals surface area contributed by atoms with E-state index in [1.165, 1.54) is 11.8 Å². The number of nitrogens with one attached hydrogen (secondary N) is 1. The molecule has 1 heterocycles. The van der Waals surface area contributed by atoms with Crippen molar-refractivity contribution in [3.8, 4) is 0 Å². The summed E-state index contributed by atoms with van der Waals surface area (Å²) in [5.41, 5.74) is 0.637. The monoisotopic (exact) mass is 117 g/mol. The predicted molar refractivity (Wildman–Crippen MR) is 30.5 cm³/mol. The van der Waals surface area contributed by atoms with Crippen molar-refractivity contribution in [1.29, 1.82) is 0 Å². The van der Waals surface area contributed by atoms with Gasteiger partial charge in [-0.05, 0) is 12.3 Å². The van der Waals surface area contributed by atoms with Gasteiger partial charge in [-0.2, -0.15) is 0 Å². The van der Waals surface area contributed by atoms with Crippen LogP contribution in [0.3, 0.4) is 0 Å². The summed E-state index contributed by atoms with van der Waals surface area (Å²) in [6, 6.07) is 0. The topological polar surface area (TPSA) is 32.3 Å². The quantitative estimate of drug-likeness (QED) is 0.483. The second-order valence-electron chi connectivity index (χ2n) is 1.43. The summed E-state index contributed by atoms with van der Waals surface area (Å²) in [5, 5.41) is 13.4. The lowest BCUT2D eigenvalue weighted by Gasteiger charge is -1.99. The van der Waals surface area contributed by atoms with Crippen molar-refractivity contribution in [3.05, 3.63) is 11.1 Å². The standard InChI is InChI=1S/C4H7NOS/c1-3-2-7-4(6)5-3/h2,4-6H,1H3. The van der Waals surface area contributed by atoms with Crippen molar-refractivity contribution in [2.75, 3.05) is 0 Å². The smallest absolute Gasteiger partial charge is 0.177 e. The fourth-order valence-electron chi connectivity index (χ4n) is 0.429. The number of allylic oxidation sites excluding steroid dienone is 1. The molecular formula is C4H7NOS. The average Bonchev–Trinajstić information content (AvgIpc) is 1.87. The molecule has 0 aliphatic carbocycles. The lowest BCUT2D eigenvalue weighted by molar-refractivity contribution is 0.243. The highest BCUT2D eigenvalue weighted by Crippen LogP contribution is 2.16. The van der Waals surface area contributed by atoms with Gasteiger partial charge in [0.15, 0.2) is 5.56 Å². The molecule has 40 valence electrons. The van der Waals surface area contributed by atoms with Crippen molar-refractivity contribution in [1.82, 2.24) is 5.32 Å². The van der Waals surface area contributed by atoms with E-state index in [9.17, 15) is 0 Å². The van der Waals surface area contributed by atoms with Crippen molar-refractivity contribution < 1.29 is 5.11 Å². The summed E-state index contributed by atoms with van der Waals surface area (Å²) in [5.74, 6) is 0. The maximum atomic E-state index is 8.70. The summed E-state index contributed by atoms with van der Waals surface area (Å²) in [4.78, 5) is 0. The van der Waals surface area contributed by atoms with E-state index in [2.05, 4.69) is 5.32 Å². The highest BCUT2D eigenvalue weighted by Gasteiger charge is 2.07. The predicted octanol–water partition coefficient (Wildman–Crippen LogP) is 0.460. The molecule has 1 rings (SSSR count). The first-order valence-electron chi connectivity index (χ1n) is 2.06. The number of aliphatic hydroxyl groups excluding tert-OH is 1. The van der Waals surface area contributed by atoms with Crippen molar-refractivity contribution in [2.45, 2.75) is 12.5 Å². The first-order chi connectivity index (χ1) is 3.29. The zero-order valence-corrected chi connectivity index (χ0v) is 4.83. The van der Waals surface area contributed by atoms with Gasteiger partial charge >= 0.3 is 0 Å². The van der Waals surface area contributed by atoms with Crippen molar-refractivity contribution in [3.63, 3.8) is 0 Å². The van der Waals surface area contributed by atoms with Gasteiger partial charge in [0.2, 0.25) is 0 Å². The molecule has 2 nitrogen and oxygen atoms in total. The van der Waals surface area contributed by atoms with E-state index in [0.717, 1.165) is 5.70 Å². The molecule has 0 bridgehead atoms. The number of rotatable bonds is 0. The van der Waals surface area contributed by atoms with E-state index in [1.807, 2.05) is 12.3 Å². The van der Waals surface area contributed by atoms with Crippen molar-refractivity contribution in [2.24, 2.45) is 0 Å². The number of hydrogen-bond acceptors (Lipinski definition) is 3. The molecule has 1 unspecified atom stereocenters. The van der Waals surface area contributed by atoms with Crippen LogP contribution in [-0.2, 0) is 0 Å². The number of aliphatic hydroxyl groups is 1. The molecule has 0 fully saturated rings. The summed E-state index contributed by atoms with van der Waals surface area (Å²) in [6.07, 6.45) is 0. The second kappa shape index (κ2) is 1.76. The molecule has 0 aromatic rings. The fraction of sp³-hybridized carbons (Fsp3) is 0.500. The number of hydrogen-bond donors (Lipinski definition) is 2. The normalized spacial score (nSPS) is 29.4. The van der Waals surface area contributed by atoms with Crippen LogP contribution in [0, 0.1) is 0 Å². The summed E-state index contributed by atoms with van der Waals surface area (Å²) in [7, 11) is 0. The van der Waals surface area contributed by atoms with Crippen LogP contribution in [0.25, 0.3) is 0 Å². The Morgan fingerprint density at radius 1 is 2.00 bits per heavy atom. The Bertz CT molecular complexity index is 102. The van der Waals surface area contributed by atoms with Gasteiger partial charge in [0.1, 0.15) is 0 Å². The SMILES string of the molecule is CC1=CSC(O)N1. The van der Waals surface area contributed by atoms with Gasteiger partial charge in [-0.15, -0.1) is 0 Å². The Morgan fingerprint density at radius 3 is 2.86 bits per heavy atom. The Kier molecular flexibility index (Phi) is 1.25. The van der Waals surface area contributed by atoms with Crippen LogP contribution in [0.15, 0.2) is 11.1 Å². The Labute approximate surface area is 46.6 Å². The molecule has 0 spiro atoms. The van der Waals surface area contributed by atoms with E-state index >= 15 is 0 Å². The Balaban J connectivity index is 2.42. The zero-order chi connectivity index (χ0) is 5.28. The molecule has 2 N–H and O–H groups in total. The highest BCUT2D eigenvalue weighted by molar-refractivity contribution is 8.02. The minimum Gasteiger partial charge on any atom is -0.364 e. The largest absolute Gasteiger partial charge is 0.364 e. The third kappa shape index (κ3) is 1.11. The minimum absolute atomic E-state index is 0.403. The lowest BCUT2D eigenvalue weighted by atomic mass is 10.6. The molecule has 1 aliphatic rings. The van der Waals surface area contributed by atoms with Crippen LogP contribution < -0.4 is 5.32 Å². The van der Waals surface area contributed by atoms with Crippen LogP contribution in [-0.4, -0.2) is 10.7 Å². The third-order valence-electron chi connectivity index (χ3n) is 0.725. The highest BCUT2D eigenvalue weighted by atomic mass is 32.2. The minimum atomic E-state index is -0.403. The van der Waals surface area contributed by atoms with E-state index < -0.39 is 5.56 Å². The van der Waals surface area contributed by atoms with Crippen LogP contribution >= 0.6 is 11.8 Å². The molecule has 1 aliphatic heterocycles. The van der Waals surface area contributed by atoms with Crippen molar-refractivity contribution >= 4 is 11.8 Å². The molecule has 1 atom stereocenters. The van der Waals surface area contributed by atoms with Crippen LogP contribution in [0.2, 0.25) is 0 Å². The molecule has 0 radical (unpaired) electrons. The molecule has 0 aromatic carbocycles. The fourth-order valence-corrected chi connectivity index (χ4v) is 1.08. The van der Waals surface area contributed by atoms with Crippen LogP contribution in [0.4, 0.5) is 0 Å². The molecule has 0 amide bonds. The van der Waals surface area contributed by atoms with Gasteiger partial charge in [-0.1, -0.05) is 11.8 Å². The van der Waals surface area contributed by atoms with Crippen LogP contribution in [0.5, 0.6) is 0 Å². The first kappa shape index (κ1) is 5.00. The second-order valence-corrected chi connectivity index (χ2v) is 2.39. The van der Waals surface area contributed by atoms with E-state index in [0.29, 0.717) is 0 Å². The molecule has 0 aromatic heterocycles. The molecular weight excluding hydrogens is 110 g/mol. The zero-order valence-electron chi connectivity index (χ0n) is 4.01. The Hall–Kier alpha value is -0.150. The first-order valence-corrected chi connectivity index (χ1v) is 3.00. The van der Waals surface area contributed by atoms with Gasteiger partial charge in [0.25, 0.3) is 0 Å². The van der Waals surface area contributed by atoms with Gasteiger partial charge < -0.3 is 10.4 Å². The molecule has 3 heteroatoms. The van der Waals surface area contributed by atoms with Gasteiger partial charge in [0.05, 0.1) is 0 Å². The maximum Gasteiger partial charge on any atom is 0.177 e. The Morgan fingerprint density at radius 2 is 2.71 bits per heavy atom. The third-order valence-corrected chi connectivity index (χ3v) is 1.59.